The molecule has 94 valence electrons. The van der Waals surface area contributed by atoms with Crippen molar-refractivity contribution in [1.29, 1.82) is 0 Å². The van der Waals surface area contributed by atoms with Gasteiger partial charge in [0.05, 0.1) is 12.1 Å². The number of fused-ring (bicyclic) bond motifs is 1. The van der Waals surface area contributed by atoms with Gasteiger partial charge in [0.25, 0.3) is 0 Å². The van der Waals surface area contributed by atoms with Gasteiger partial charge in [-0.1, -0.05) is 13.3 Å². The molecule has 2 atom stereocenters. The molecule has 3 nitrogen and oxygen atoms in total. The van der Waals surface area contributed by atoms with Crippen LogP contribution in [0.4, 0.5) is 0 Å². The number of carbonyl (C=O) groups is 1. The molecule has 1 aromatic rings. The van der Waals surface area contributed by atoms with E-state index in [0.717, 1.165) is 25.8 Å². The summed E-state index contributed by atoms with van der Waals surface area (Å²) in [5.41, 5.74) is 7.23. The minimum Gasteiger partial charge on any atom is -0.334 e. The van der Waals surface area contributed by atoms with Crippen LogP contribution in [-0.2, 0) is 11.2 Å². The van der Waals surface area contributed by atoms with Crippen molar-refractivity contribution in [2.24, 2.45) is 5.73 Å². The fraction of sp³-hybridized carbons (Fsp3) is 0.615. The summed E-state index contributed by atoms with van der Waals surface area (Å²) >= 11 is 1.79. The number of rotatable bonds is 3. The number of amides is 1. The van der Waals surface area contributed by atoms with E-state index < -0.39 is 0 Å². The Labute approximate surface area is 107 Å². The smallest absolute Gasteiger partial charge is 0.239 e. The molecular weight excluding hydrogens is 232 g/mol. The van der Waals surface area contributed by atoms with Crippen molar-refractivity contribution in [3.63, 3.8) is 0 Å². The fourth-order valence-corrected chi connectivity index (χ4v) is 3.42. The van der Waals surface area contributed by atoms with Crippen molar-refractivity contribution < 1.29 is 4.79 Å². The monoisotopic (exact) mass is 252 g/mol. The second kappa shape index (κ2) is 5.19. The summed E-state index contributed by atoms with van der Waals surface area (Å²) in [6.07, 6.45) is 2.71. The van der Waals surface area contributed by atoms with E-state index in [1.807, 2.05) is 4.90 Å². The van der Waals surface area contributed by atoms with Crippen LogP contribution in [0.3, 0.4) is 0 Å². The summed E-state index contributed by atoms with van der Waals surface area (Å²) in [6.45, 7) is 4.97. The number of thiophene rings is 1. The molecule has 2 rings (SSSR count). The van der Waals surface area contributed by atoms with E-state index >= 15 is 0 Å². The molecule has 0 saturated carbocycles. The van der Waals surface area contributed by atoms with Gasteiger partial charge < -0.3 is 10.6 Å². The summed E-state index contributed by atoms with van der Waals surface area (Å²) in [7, 11) is 0. The van der Waals surface area contributed by atoms with Crippen LogP contribution in [0.1, 0.15) is 43.2 Å². The molecule has 1 aliphatic rings. The van der Waals surface area contributed by atoms with Crippen LogP contribution in [0, 0.1) is 0 Å². The molecular formula is C13H20N2OS. The number of hydrogen-bond donors (Lipinski definition) is 1. The summed E-state index contributed by atoms with van der Waals surface area (Å²) in [4.78, 5) is 15.6. The maximum Gasteiger partial charge on any atom is 0.239 e. The summed E-state index contributed by atoms with van der Waals surface area (Å²) in [6, 6.07) is 1.98. The average molecular weight is 252 g/mol. The lowest BCUT2D eigenvalue weighted by atomic mass is 10.00. The molecule has 2 unspecified atom stereocenters. The van der Waals surface area contributed by atoms with Gasteiger partial charge in [0.2, 0.25) is 5.91 Å². The minimum absolute atomic E-state index is 0.108. The molecule has 0 spiro atoms. The van der Waals surface area contributed by atoms with Gasteiger partial charge in [-0.3, -0.25) is 4.79 Å². The van der Waals surface area contributed by atoms with E-state index in [1.54, 1.807) is 11.3 Å². The Bertz CT molecular complexity index is 402. The molecule has 2 heterocycles. The Kier molecular flexibility index (Phi) is 3.84. The maximum absolute atomic E-state index is 12.2. The summed E-state index contributed by atoms with van der Waals surface area (Å²) in [5.74, 6) is 0.108. The molecule has 0 aromatic carbocycles. The van der Waals surface area contributed by atoms with Gasteiger partial charge in [0, 0.05) is 11.4 Å². The SMILES string of the molecule is CCCC(N)C(=O)N1CCc2sccc2C1C. The van der Waals surface area contributed by atoms with Crippen LogP contribution in [-0.4, -0.2) is 23.4 Å². The molecule has 0 aliphatic carbocycles. The van der Waals surface area contributed by atoms with Crippen LogP contribution in [0.25, 0.3) is 0 Å². The van der Waals surface area contributed by atoms with E-state index in [0.29, 0.717) is 0 Å². The number of nitrogens with zero attached hydrogens (tertiary/aromatic N) is 1. The highest BCUT2D eigenvalue weighted by atomic mass is 32.1. The van der Waals surface area contributed by atoms with Gasteiger partial charge >= 0.3 is 0 Å². The Morgan fingerprint density at radius 2 is 2.47 bits per heavy atom. The van der Waals surface area contributed by atoms with Crippen molar-refractivity contribution in [2.45, 2.75) is 45.2 Å². The normalized spacial score (nSPS) is 21.1. The number of carbonyl (C=O) groups excluding carboxylic acids is 1. The Morgan fingerprint density at radius 3 is 3.18 bits per heavy atom. The van der Waals surface area contributed by atoms with Gasteiger partial charge in [-0.25, -0.2) is 0 Å². The van der Waals surface area contributed by atoms with Crippen LogP contribution in [0.2, 0.25) is 0 Å². The Balaban J connectivity index is 2.12. The van der Waals surface area contributed by atoms with Gasteiger partial charge in [0.1, 0.15) is 0 Å². The molecule has 17 heavy (non-hydrogen) atoms. The van der Waals surface area contributed by atoms with Crippen molar-refractivity contribution in [2.75, 3.05) is 6.54 Å². The van der Waals surface area contributed by atoms with Crippen LogP contribution >= 0.6 is 11.3 Å². The van der Waals surface area contributed by atoms with E-state index in [-0.39, 0.29) is 18.0 Å². The highest BCUT2D eigenvalue weighted by molar-refractivity contribution is 7.10. The van der Waals surface area contributed by atoms with E-state index in [4.69, 9.17) is 5.73 Å². The summed E-state index contributed by atoms with van der Waals surface area (Å²) < 4.78 is 0. The first kappa shape index (κ1) is 12.6. The van der Waals surface area contributed by atoms with Crippen LogP contribution < -0.4 is 5.73 Å². The topological polar surface area (TPSA) is 46.3 Å². The largest absolute Gasteiger partial charge is 0.334 e. The zero-order valence-corrected chi connectivity index (χ0v) is 11.3. The lowest BCUT2D eigenvalue weighted by Crippen LogP contribution is -2.47. The first-order chi connectivity index (χ1) is 8.15. The second-order valence-electron chi connectivity index (χ2n) is 4.65. The van der Waals surface area contributed by atoms with Gasteiger partial charge in [-0.05, 0) is 36.8 Å². The standard InChI is InChI=1S/C13H20N2OS/c1-3-4-11(14)13(16)15-7-5-12-10(9(15)2)6-8-17-12/h6,8-9,11H,3-5,7,14H2,1-2H3. The third-order valence-corrected chi connectivity index (χ3v) is 4.47. The van der Waals surface area contributed by atoms with Crippen molar-refractivity contribution in [3.05, 3.63) is 21.9 Å². The average Bonchev–Trinajstić information content (AvgIpc) is 2.78. The zero-order valence-electron chi connectivity index (χ0n) is 10.5. The lowest BCUT2D eigenvalue weighted by molar-refractivity contribution is -0.135. The third kappa shape index (κ3) is 2.38. The highest BCUT2D eigenvalue weighted by Crippen LogP contribution is 2.33. The second-order valence-corrected chi connectivity index (χ2v) is 5.65. The summed E-state index contributed by atoms with van der Waals surface area (Å²) in [5, 5.41) is 2.11. The molecule has 1 amide bonds. The van der Waals surface area contributed by atoms with E-state index in [9.17, 15) is 4.79 Å². The molecule has 0 bridgehead atoms. The van der Waals surface area contributed by atoms with Crippen LogP contribution in [0.5, 0.6) is 0 Å². The van der Waals surface area contributed by atoms with Crippen molar-refractivity contribution in [1.82, 2.24) is 4.90 Å². The Morgan fingerprint density at radius 1 is 1.71 bits per heavy atom. The van der Waals surface area contributed by atoms with Crippen molar-refractivity contribution >= 4 is 17.2 Å². The molecule has 0 radical (unpaired) electrons. The molecule has 1 aliphatic heterocycles. The highest BCUT2D eigenvalue weighted by Gasteiger charge is 2.30. The third-order valence-electron chi connectivity index (χ3n) is 3.48. The number of nitrogens with two attached hydrogens (primary N) is 1. The molecule has 0 fully saturated rings. The number of hydrogen-bond acceptors (Lipinski definition) is 3. The lowest BCUT2D eigenvalue weighted by Gasteiger charge is -2.35. The Hall–Kier alpha value is -0.870. The van der Waals surface area contributed by atoms with E-state index in [2.05, 4.69) is 25.3 Å². The van der Waals surface area contributed by atoms with Crippen molar-refractivity contribution in [3.8, 4) is 0 Å². The predicted octanol–water partition coefficient (Wildman–Crippen LogP) is 2.32. The van der Waals surface area contributed by atoms with Gasteiger partial charge in [-0.15, -0.1) is 11.3 Å². The zero-order chi connectivity index (χ0) is 12.4. The van der Waals surface area contributed by atoms with Gasteiger partial charge in [-0.2, -0.15) is 0 Å². The molecule has 1 aromatic heterocycles. The maximum atomic E-state index is 12.2. The van der Waals surface area contributed by atoms with E-state index in [1.165, 1.54) is 10.4 Å². The molecule has 2 N–H and O–H groups in total. The quantitative estimate of drug-likeness (QED) is 0.897. The van der Waals surface area contributed by atoms with Gasteiger partial charge in [0.15, 0.2) is 0 Å². The molecule has 0 saturated heterocycles. The minimum atomic E-state index is -0.331. The fourth-order valence-electron chi connectivity index (χ4n) is 2.46. The first-order valence-electron chi connectivity index (χ1n) is 6.27. The predicted molar refractivity (Wildman–Crippen MR) is 71.0 cm³/mol. The first-order valence-corrected chi connectivity index (χ1v) is 7.15. The molecule has 4 heteroatoms. The van der Waals surface area contributed by atoms with Crippen LogP contribution in [0.15, 0.2) is 11.4 Å².